The number of carbonyl (C=O) groups excluding carboxylic acids is 1. The Balaban J connectivity index is 1.59. The Morgan fingerprint density at radius 3 is 2.32 bits per heavy atom. The van der Waals surface area contributed by atoms with Crippen molar-refractivity contribution in [3.05, 3.63) is 105 Å². The Morgan fingerprint density at radius 1 is 0.935 bits per heavy atom. The van der Waals surface area contributed by atoms with Gasteiger partial charge >= 0.3 is 5.69 Å². The molecule has 4 rings (SSSR count). The fourth-order valence-electron chi connectivity index (χ4n) is 4.01. The van der Waals surface area contributed by atoms with E-state index in [1.54, 1.807) is 4.90 Å². The van der Waals surface area contributed by atoms with Crippen molar-refractivity contribution < 1.29 is 4.79 Å². The summed E-state index contributed by atoms with van der Waals surface area (Å²) in [7, 11) is 2.03. The summed E-state index contributed by atoms with van der Waals surface area (Å²) in [5.41, 5.74) is 1.05. The van der Waals surface area contributed by atoms with Crippen molar-refractivity contribution in [1.29, 1.82) is 0 Å². The van der Waals surface area contributed by atoms with Crippen LogP contribution in [0, 0.1) is 0 Å². The highest BCUT2D eigenvalue weighted by atomic mass is 16.2. The first kappa shape index (κ1) is 20.8. The standard InChI is InChI=1S/C24H26N4O3/c1-25-14-15-27(21(17-25)20-10-6-3-7-11-20)23(30)18-28-22(29)12-13-26(24(28)31)16-19-8-4-2-5-9-19/h2-13,21H,14-18H2,1H3/t21-/m0/s1. The van der Waals surface area contributed by atoms with Crippen molar-refractivity contribution in [2.75, 3.05) is 26.7 Å². The van der Waals surface area contributed by atoms with Crippen LogP contribution in [0.4, 0.5) is 0 Å². The van der Waals surface area contributed by atoms with Crippen LogP contribution in [0.25, 0.3) is 0 Å². The van der Waals surface area contributed by atoms with Gasteiger partial charge in [0, 0.05) is 31.9 Å². The number of carbonyl (C=O) groups is 1. The first-order valence-corrected chi connectivity index (χ1v) is 10.4. The zero-order valence-electron chi connectivity index (χ0n) is 17.6. The van der Waals surface area contributed by atoms with E-state index in [0.29, 0.717) is 19.6 Å². The number of benzene rings is 2. The van der Waals surface area contributed by atoms with E-state index < -0.39 is 11.2 Å². The van der Waals surface area contributed by atoms with Gasteiger partial charge in [0.05, 0.1) is 12.6 Å². The SMILES string of the molecule is CN1CCN(C(=O)Cn2c(=O)ccn(Cc3ccccc3)c2=O)[C@H](c2ccccc2)C1. The maximum atomic E-state index is 13.2. The van der Waals surface area contributed by atoms with Gasteiger partial charge in [0.1, 0.15) is 6.54 Å². The number of rotatable bonds is 5. The third-order valence-electron chi connectivity index (χ3n) is 5.72. The van der Waals surface area contributed by atoms with E-state index in [-0.39, 0.29) is 18.5 Å². The van der Waals surface area contributed by atoms with Gasteiger partial charge in [0.25, 0.3) is 5.56 Å². The topological polar surface area (TPSA) is 67.5 Å². The van der Waals surface area contributed by atoms with Crippen LogP contribution >= 0.6 is 0 Å². The average Bonchev–Trinajstić information content (AvgIpc) is 2.79. The van der Waals surface area contributed by atoms with Crippen LogP contribution in [0.1, 0.15) is 17.2 Å². The van der Waals surface area contributed by atoms with E-state index in [2.05, 4.69) is 4.90 Å². The number of hydrogen-bond acceptors (Lipinski definition) is 4. The number of hydrogen-bond donors (Lipinski definition) is 0. The lowest BCUT2D eigenvalue weighted by Gasteiger charge is -2.40. The Labute approximate surface area is 180 Å². The van der Waals surface area contributed by atoms with Gasteiger partial charge < -0.3 is 9.80 Å². The number of piperazine rings is 1. The first-order valence-electron chi connectivity index (χ1n) is 10.4. The van der Waals surface area contributed by atoms with E-state index >= 15 is 0 Å². The van der Waals surface area contributed by atoms with Gasteiger partial charge in [-0.1, -0.05) is 60.7 Å². The molecule has 0 bridgehead atoms. The third kappa shape index (κ3) is 4.67. The first-order chi connectivity index (χ1) is 15.0. The minimum absolute atomic E-state index is 0.113. The molecule has 2 aromatic carbocycles. The largest absolute Gasteiger partial charge is 0.332 e. The summed E-state index contributed by atoms with van der Waals surface area (Å²) >= 11 is 0. The summed E-state index contributed by atoms with van der Waals surface area (Å²) in [5, 5.41) is 0. The van der Waals surface area contributed by atoms with Crippen LogP contribution in [0.15, 0.2) is 82.5 Å². The van der Waals surface area contributed by atoms with Crippen molar-refractivity contribution in [3.8, 4) is 0 Å². The maximum Gasteiger partial charge on any atom is 0.331 e. The van der Waals surface area contributed by atoms with Crippen LogP contribution in [0.5, 0.6) is 0 Å². The van der Waals surface area contributed by atoms with Crippen molar-refractivity contribution in [1.82, 2.24) is 18.9 Å². The highest BCUT2D eigenvalue weighted by molar-refractivity contribution is 5.76. The molecule has 1 atom stereocenters. The molecule has 0 N–H and O–H groups in total. The second-order valence-corrected chi connectivity index (χ2v) is 7.91. The van der Waals surface area contributed by atoms with E-state index in [9.17, 15) is 14.4 Å². The fourth-order valence-corrected chi connectivity index (χ4v) is 4.01. The zero-order chi connectivity index (χ0) is 21.8. The molecule has 0 saturated carbocycles. The summed E-state index contributed by atoms with van der Waals surface area (Å²) in [4.78, 5) is 42.6. The normalized spacial score (nSPS) is 16.9. The molecule has 0 radical (unpaired) electrons. The predicted molar refractivity (Wildman–Crippen MR) is 119 cm³/mol. The van der Waals surface area contributed by atoms with Crippen LogP contribution in [-0.4, -0.2) is 51.5 Å². The van der Waals surface area contributed by atoms with E-state index in [1.165, 1.54) is 16.8 Å². The van der Waals surface area contributed by atoms with Crippen molar-refractivity contribution in [2.24, 2.45) is 0 Å². The lowest BCUT2D eigenvalue weighted by atomic mass is 10.0. The number of nitrogens with zero attached hydrogens (tertiary/aromatic N) is 4. The van der Waals surface area contributed by atoms with Gasteiger partial charge in [0.15, 0.2) is 0 Å². The summed E-state index contributed by atoms with van der Waals surface area (Å²) in [6.07, 6.45) is 1.49. The highest BCUT2D eigenvalue weighted by Crippen LogP contribution is 2.25. The van der Waals surface area contributed by atoms with Crippen molar-refractivity contribution >= 4 is 5.91 Å². The number of amides is 1. The molecule has 0 aliphatic carbocycles. The summed E-state index contributed by atoms with van der Waals surface area (Å²) in [5.74, 6) is -0.224. The Bertz CT molecular complexity index is 1150. The Hall–Kier alpha value is -3.45. The van der Waals surface area contributed by atoms with Gasteiger partial charge in [-0.25, -0.2) is 4.79 Å². The Morgan fingerprint density at radius 2 is 1.61 bits per heavy atom. The minimum atomic E-state index is -0.477. The van der Waals surface area contributed by atoms with E-state index in [0.717, 1.165) is 22.2 Å². The molecule has 1 amide bonds. The second kappa shape index (κ2) is 9.14. The van der Waals surface area contributed by atoms with Gasteiger partial charge in [-0.05, 0) is 18.2 Å². The Kier molecular flexibility index (Phi) is 6.13. The van der Waals surface area contributed by atoms with Gasteiger partial charge in [-0.2, -0.15) is 0 Å². The summed E-state index contributed by atoms with van der Waals surface area (Å²) in [6.45, 7) is 2.08. The van der Waals surface area contributed by atoms with Gasteiger partial charge in [-0.3, -0.25) is 18.7 Å². The molecule has 1 aliphatic rings. The van der Waals surface area contributed by atoms with Crippen molar-refractivity contribution in [2.45, 2.75) is 19.1 Å². The molecule has 31 heavy (non-hydrogen) atoms. The zero-order valence-corrected chi connectivity index (χ0v) is 17.6. The average molecular weight is 418 g/mol. The molecule has 2 heterocycles. The second-order valence-electron chi connectivity index (χ2n) is 7.91. The molecule has 1 saturated heterocycles. The molecule has 1 aliphatic heterocycles. The molecule has 7 heteroatoms. The quantitative estimate of drug-likeness (QED) is 0.631. The smallest absolute Gasteiger partial charge is 0.331 e. The predicted octanol–water partition coefficient (Wildman–Crippen LogP) is 1.57. The highest BCUT2D eigenvalue weighted by Gasteiger charge is 2.30. The fraction of sp³-hybridized carbons (Fsp3) is 0.292. The summed E-state index contributed by atoms with van der Waals surface area (Å²) in [6, 6.07) is 20.6. The van der Waals surface area contributed by atoms with Crippen molar-refractivity contribution in [3.63, 3.8) is 0 Å². The van der Waals surface area contributed by atoms with E-state index in [4.69, 9.17) is 0 Å². The summed E-state index contributed by atoms with van der Waals surface area (Å²) < 4.78 is 2.49. The van der Waals surface area contributed by atoms with Crippen LogP contribution in [-0.2, 0) is 17.9 Å². The molecule has 7 nitrogen and oxygen atoms in total. The van der Waals surface area contributed by atoms with Crippen LogP contribution in [0.3, 0.4) is 0 Å². The molecular formula is C24H26N4O3. The third-order valence-corrected chi connectivity index (χ3v) is 5.72. The molecule has 0 spiro atoms. The monoisotopic (exact) mass is 418 g/mol. The molecule has 1 aromatic heterocycles. The van der Waals surface area contributed by atoms with Gasteiger partial charge in [0.2, 0.25) is 5.91 Å². The lowest BCUT2D eigenvalue weighted by molar-refractivity contribution is -0.137. The van der Waals surface area contributed by atoms with Crippen LogP contribution < -0.4 is 11.2 Å². The number of aromatic nitrogens is 2. The van der Waals surface area contributed by atoms with Gasteiger partial charge in [-0.15, -0.1) is 0 Å². The molecule has 1 fully saturated rings. The maximum absolute atomic E-state index is 13.2. The lowest BCUT2D eigenvalue weighted by Crippen LogP contribution is -2.52. The minimum Gasteiger partial charge on any atom is -0.332 e. The van der Waals surface area contributed by atoms with E-state index in [1.807, 2.05) is 67.7 Å². The molecular weight excluding hydrogens is 392 g/mol. The number of likely N-dealkylation sites (N-methyl/N-ethyl adjacent to an activating group) is 1. The molecule has 3 aromatic rings. The molecule has 160 valence electrons. The van der Waals surface area contributed by atoms with Crippen LogP contribution in [0.2, 0.25) is 0 Å². The molecule has 0 unspecified atom stereocenters.